The molecule has 0 aliphatic rings. The van der Waals surface area contributed by atoms with Crippen LogP contribution in [0.1, 0.15) is 10.4 Å². The van der Waals surface area contributed by atoms with Crippen molar-refractivity contribution < 1.29 is 14.3 Å². The lowest BCUT2D eigenvalue weighted by atomic mass is 10.1. The van der Waals surface area contributed by atoms with Crippen LogP contribution in [-0.4, -0.2) is 10.8 Å². The molecule has 3 aromatic rings. The molecule has 0 aliphatic heterocycles. The fraction of sp³-hybridized carbons (Fsp3) is 0.0526. The van der Waals surface area contributed by atoms with Gasteiger partial charge in [-0.25, -0.2) is 4.57 Å². The first-order valence-corrected chi connectivity index (χ1v) is 7.89. The van der Waals surface area contributed by atoms with Gasteiger partial charge in [0.1, 0.15) is 7.05 Å². The van der Waals surface area contributed by atoms with Gasteiger partial charge in [-0.3, -0.25) is 14.9 Å². The third-order valence-electron chi connectivity index (χ3n) is 3.73. The number of nitrogens with zero attached hydrogens (tertiary/aromatic N) is 2. The zero-order valence-corrected chi connectivity index (χ0v) is 14.0. The highest BCUT2D eigenvalue weighted by Crippen LogP contribution is 2.19. The largest absolute Gasteiger partial charge is 0.355 e. The summed E-state index contributed by atoms with van der Waals surface area (Å²) in [5.41, 5.74) is 2.65. The molecule has 1 amide bonds. The standard InChI is InChI=1S/C19H16N4O3/c1-22-11-9-16(10-12-22)20-17-4-2-3-14(13-17)19(24)21-15-5-7-18(8-6-15)23(25)26/h2-13H,1H3,(H,21,24)/p+1. The lowest BCUT2D eigenvalue weighted by molar-refractivity contribution is -0.671. The zero-order valence-electron chi connectivity index (χ0n) is 14.0. The molecule has 0 radical (unpaired) electrons. The number of benzene rings is 2. The van der Waals surface area contributed by atoms with Crippen LogP contribution in [0.5, 0.6) is 0 Å². The van der Waals surface area contributed by atoms with Gasteiger partial charge in [-0.15, -0.1) is 0 Å². The van der Waals surface area contributed by atoms with Crippen molar-refractivity contribution in [3.8, 4) is 0 Å². The number of carbonyl (C=O) groups is 1. The van der Waals surface area contributed by atoms with E-state index >= 15 is 0 Å². The summed E-state index contributed by atoms with van der Waals surface area (Å²) < 4.78 is 1.93. The van der Waals surface area contributed by atoms with E-state index in [2.05, 4.69) is 10.6 Å². The fourth-order valence-corrected chi connectivity index (χ4v) is 2.36. The van der Waals surface area contributed by atoms with E-state index in [1.165, 1.54) is 24.3 Å². The summed E-state index contributed by atoms with van der Waals surface area (Å²) in [6, 6.07) is 16.7. The number of nitro groups is 1. The van der Waals surface area contributed by atoms with Crippen LogP contribution >= 0.6 is 0 Å². The SMILES string of the molecule is C[n+]1ccc(Nc2cccc(C(=O)Nc3ccc([N+](=O)[O-])cc3)c2)cc1. The van der Waals surface area contributed by atoms with Crippen LogP contribution in [-0.2, 0) is 7.05 Å². The highest BCUT2D eigenvalue weighted by molar-refractivity contribution is 6.04. The van der Waals surface area contributed by atoms with Crippen molar-refractivity contribution in [1.29, 1.82) is 0 Å². The monoisotopic (exact) mass is 349 g/mol. The van der Waals surface area contributed by atoms with Gasteiger partial charge in [-0.1, -0.05) is 6.07 Å². The maximum Gasteiger partial charge on any atom is 0.269 e. The summed E-state index contributed by atoms with van der Waals surface area (Å²) in [5.74, 6) is -0.290. The predicted octanol–water partition coefficient (Wildman–Crippen LogP) is 3.42. The van der Waals surface area contributed by atoms with Crippen molar-refractivity contribution in [3.63, 3.8) is 0 Å². The van der Waals surface area contributed by atoms with E-state index in [9.17, 15) is 14.9 Å². The highest BCUT2D eigenvalue weighted by Gasteiger charge is 2.09. The Labute approximate surface area is 150 Å². The second-order valence-corrected chi connectivity index (χ2v) is 5.72. The Balaban J connectivity index is 1.71. The molecule has 1 aromatic heterocycles. The number of nitro benzene ring substituents is 1. The average Bonchev–Trinajstić information content (AvgIpc) is 2.64. The molecule has 0 saturated carbocycles. The van der Waals surface area contributed by atoms with Crippen LogP contribution in [0, 0.1) is 10.1 Å². The molecule has 130 valence electrons. The first kappa shape index (κ1) is 17.1. The number of rotatable bonds is 5. The van der Waals surface area contributed by atoms with Gasteiger partial charge in [0.15, 0.2) is 12.4 Å². The third-order valence-corrected chi connectivity index (χ3v) is 3.73. The van der Waals surface area contributed by atoms with Crippen LogP contribution in [0.4, 0.5) is 22.7 Å². The van der Waals surface area contributed by atoms with Crippen LogP contribution in [0.2, 0.25) is 0 Å². The summed E-state index contributed by atoms with van der Waals surface area (Å²) in [7, 11) is 1.94. The van der Waals surface area contributed by atoms with Gasteiger partial charge >= 0.3 is 0 Å². The summed E-state index contributed by atoms with van der Waals surface area (Å²) >= 11 is 0. The number of aryl methyl sites for hydroxylation is 1. The molecule has 0 fully saturated rings. The van der Waals surface area contributed by atoms with E-state index < -0.39 is 4.92 Å². The Kier molecular flexibility index (Phi) is 4.89. The quantitative estimate of drug-likeness (QED) is 0.420. The second-order valence-electron chi connectivity index (χ2n) is 5.72. The minimum absolute atomic E-state index is 0.0227. The van der Waals surface area contributed by atoms with Crippen molar-refractivity contribution in [3.05, 3.63) is 88.7 Å². The number of pyridine rings is 1. The molecule has 0 spiro atoms. The zero-order chi connectivity index (χ0) is 18.5. The molecule has 3 rings (SSSR count). The lowest BCUT2D eigenvalue weighted by Gasteiger charge is -2.09. The number of carbonyl (C=O) groups excluding carboxylic acids is 1. The second kappa shape index (κ2) is 7.43. The third kappa shape index (κ3) is 4.21. The molecular formula is C19H17N4O3+. The van der Waals surface area contributed by atoms with Crippen LogP contribution in [0.3, 0.4) is 0 Å². The molecule has 0 atom stereocenters. The lowest BCUT2D eigenvalue weighted by Crippen LogP contribution is -2.25. The minimum atomic E-state index is -0.482. The van der Waals surface area contributed by atoms with Gasteiger partial charge < -0.3 is 10.6 Å². The molecule has 0 aliphatic carbocycles. The highest BCUT2D eigenvalue weighted by atomic mass is 16.6. The van der Waals surface area contributed by atoms with E-state index in [1.54, 1.807) is 18.2 Å². The molecule has 1 heterocycles. The van der Waals surface area contributed by atoms with Crippen LogP contribution in [0.25, 0.3) is 0 Å². The summed E-state index contributed by atoms with van der Waals surface area (Å²) in [5, 5.41) is 16.6. The minimum Gasteiger partial charge on any atom is -0.355 e. The summed E-state index contributed by atoms with van der Waals surface area (Å²) in [6.07, 6.45) is 3.85. The summed E-state index contributed by atoms with van der Waals surface area (Å²) in [6.45, 7) is 0. The van der Waals surface area contributed by atoms with Gasteiger partial charge in [0.25, 0.3) is 11.6 Å². The number of hydrogen-bond acceptors (Lipinski definition) is 4. The average molecular weight is 349 g/mol. The normalized spacial score (nSPS) is 10.2. The number of hydrogen-bond donors (Lipinski definition) is 2. The Morgan fingerprint density at radius 3 is 2.31 bits per heavy atom. The first-order chi connectivity index (χ1) is 12.5. The van der Waals surface area contributed by atoms with E-state index in [-0.39, 0.29) is 11.6 Å². The van der Waals surface area contributed by atoms with Crippen LogP contribution < -0.4 is 15.2 Å². The van der Waals surface area contributed by atoms with Crippen molar-refractivity contribution in [2.24, 2.45) is 7.05 Å². The van der Waals surface area contributed by atoms with E-state index in [0.717, 1.165) is 11.4 Å². The van der Waals surface area contributed by atoms with Crippen molar-refractivity contribution in [2.45, 2.75) is 0 Å². The topological polar surface area (TPSA) is 88.2 Å². The maximum atomic E-state index is 12.4. The van der Waals surface area contributed by atoms with E-state index in [0.29, 0.717) is 11.3 Å². The van der Waals surface area contributed by atoms with Gasteiger partial charge in [-0.05, 0) is 30.3 Å². The molecular weight excluding hydrogens is 332 g/mol. The first-order valence-electron chi connectivity index (χ1n) is 7.89. The van der Waals surface area contributed by atoms with Crippen LogP contribution in [0.15, 0.2) is 73.1 Å². The van der Waals surface area contributed by atoms with Gasteiger partial charge in [0.05, 0.1) is 10.6 Å². The van der Waals surface area contributed by atoms with Gasteiger partial charge in [0, 0.05) is 41.2 Å². The Morgan fingerprint density at radius 1 is 0.962 bits per heavy atom. The molecule has 0 bridgehead atoms. The smallest absolute Gasteiger partial charge is 0.269 e. The number of aromatic nitrogens is 1. The van der Waals surface area contributed by atoms with Crippen molar-refractivity contribution in [2.75, 3.05) is 10.6 Å². The number of nitrogens with one attached hydrogen (secondary N) is 2. The Hall–Kier alpha value is -3.74. The Morgan fingerprint density at radius 2 is 1.65 bits per heavy atom. The number of anilines is 3. The van der Waals surface area contributed by atoms with Gasteiger partial charge in [-0.2, -0.15) is 0 Å². The van der Waals surface area contributed by atoms with Gasteiger partial charge in [0.2, 0.25) is 0 Å². The number of amides is 1. The molecule has 7 heteroatoms. The van der Waals surface area contributed by atoms with E-state index in [1.807, 2.05) is 42.2 Å². The molecule has 0 saturated heterocycles. The predicted molar refractivity (Wildman–Crippen MR) is 98.4 cm³/mol. The Bertz CT molecular complexity index is 938. The van der Waals surface area contributed by atoms with Crippen molar-refractivity contribution >= 4 is 28.7 Å². The summed E-state index contributed by atoms with van der Waals surface area (Å²) in [4.78, 5) is 22.6. The molecule has 2 aromatic carbocycles. The molecule has 26 heavy (non-hydrogen) atoms. The molecule has 2 N–H and O–H groups in total. The molecule has 7 nitrogen and oxygen atoms in total. The molecule has 0 unspecified atom stereocenters. The fourth-order valence-electron chi connectivity index (χ4n) is 2.36. The number of non-ortho nitro benzene ring substituents is 1. The van der Waals surface area contributed by atoms with Crippen molar-refractivity contribution in [1.82, 2.24) is 0 Å². The van der Waals surface area contributed by atoms with E-state index in [4.69, 9.17) is 0 Å². The maximum absolute atomic E-state index is 12.4.